The van der Waals surface area contributed by atoms with Gasteiger partial charge in [-0.2, -0.15) is 0 Å². The van der Waals surface area contributed by atoms with E-state index < -0.39 is 5.91 Å². The van der Waals surface area contributed by atoms with Gasteiger partial charge in [-0.3, -0.25) is 4.79 Å². The summed E-state index contributed by atoms with van der Waals surface area (Å²) in [4.78, 5) is 23.0. The summed E-state index contributed by atoms with van der Waals surface area (Å²) >= 11 is 0. The lowest BCUT2D eigenvalue weighted by Crippen LogP contribution is -2.38. The van der Waals surface area contributed by atoms with Crippen LogP contribution in [0, 0.1) is 11.8 Å². The summed E-state index contributed by atoms with van der Waals surface area (Å²) in [6.45, 7) is 3.38. The summed E-state index contributed by atoms with van der Waals surface area (Å²) in [6.07, 6.45) is 6.25. The van der Waals surface area contributed by atoms with E-state index in [-0.39, 0.29) is 6.03 Å². The van der Waals surface area contributed by atoms with Gasteiger partial charge in [-0.05, 0) is 42.4 Å². The van der Waals surface area contributed by atoms with Crippen LogP contribution in [0.25, 0.3) is 0 Å². The van der Waals surface area contributed by atoms with Gasteiger partial charge in [-0.1, -0.05) is 38.3 Å². The number of amides is 3. The summed E-state index contributed by atoms with van der Waals surface area (Å²) in [6, 6.07) is 6.83. The quantitative estimate of drug-likeness (QED) is 0.754. The average molecular weight is 317 g/mol. The van der Waals surface area contributed by atoms with E-state index >= 15 is 0 Å². The lowest BCUT2D eigenvalue weighted by Gasteiger charge is -2.27. The van der Waals surface area contributed by atoms with E-state index in [2.05, 4.69) is 17.6 Å². The number of primary amides is 1. The molecule has 4 N–H and O–H groups in total. The van der Waals surface area contributed by atoms with Crippen molar-refractivity contribution in [2.75, 3.05) is 6.54 Å². The second-order valence-electron chi connectivity index (χ2n) is 6.42. The van der Waals surface area contributed by atoms with Crippen LogP contribution in [-0.2, 0) is 6.54 Å². The number of carbonyl (C=O) groups excluding carboxylic acids is 2. The zero-order valence-electron chi connectivity index (χ0n) is 13.8. The largest absolute Gasteiger partial charge is 0.366 e. The molecule has 0 aliphatic heterocycles. The molecule has 0 spiro atoms. The smallest absolute Gasteiger partial charge is 0.315 e. The Balaban J connectivity index is 1.69. The van der Waals surface area contributed by atoms with Crippen molar-refractivity contribution in [3.05, 3.63) is 35.4 Å². The maximum Gasteiger partial charge on any atom is 0.315 e. The molecule has 0 saturated heterocycles. The fourth-order valence-electron chi connectivity index (χ4n) is 3.16. The number of benzene rings is 1. The number of rotatable bonds is 6. The summed E-state index contributed by atoms with van der Waals surface area (Å²) < 4.78 is 0. The molecule has 0 aromatic heterocycles. The number of nitrogens with two attached hydrogens (primary N) is 1. The molecule has 1 aromatic carbocycles. The van der Waals surface area contributed by atoms with Crippen LogP contribution < -0.4 is 16.4 Å². The van der Waals surface area contributed by atoms with Gasteiger partial charge in [-0.25, -0.2) is 4.79 Å². The van der Waals surface area contributed by atoms with E-state index in [0.717, 1.165) is 18.0 Å². The molecule has 1 aliphatic rings. The molecule has 5 heteroatoms. The third-order valence-electron chi connectivity index (χ3n) is 4.76. The molecule has 126 valence electrons. The Morgan fingerprint density at radius 2 is 1.83 bits per heavy atom. The van der Waals surface area contributed by atoms with Crippen molar-refractivity contribution < 1.29 is 9.59 Å². The van der Waals surface area contributed by atoms with E-state index in [4.69, 9.17) is 5.73 Å². The van der Waals surface area contributed by atoms with Gasteiger partial charge in [0.2, 0.25) is 5.91 Å². The molecule has 0 radical (unpaired) electrons. The summed E-state index contributed by atoms with van der Waals surface area (Å²) in [5, 5.41) is 5.77. The van der Waals surface area contributed by atoms with Crippen LogP contribution in [0.4, 0.5) is 4.79 Å². The molecule has 0 heterocycles. The second kappa shape index (κ2) is 8.56. The standard InChI is InChI=1S/C18H27N3O2/c1-2-13-6-8-14(9-7-13)11-20-18(23)21-12-15-4-3-5-16(10-15)17(19)22/h3-5,10,13-14H,2,6-9,11-12H2,1H3,(H2,19,22)(H2,20,21,23). The van der Waals surface area contributed by atoms with Gasteiger partial charge in [0.15, 0.2) is 0 Å². The maximum absolute atomic E-state index is 11.9. The van der Waals surface area contributed by atoms with Crippen LogP contribution in [0.15, 0.2) is 24.3 Å². The predicted molar refractivity (Wildman–Crippen MR) is 90.9 cm³/mol. The van der Waals surface area contributed by atoms with Crippen LogP contribution in [0.3, 0.4) is 0 Å². The van der Waals surface area contributed by atoms with Crippen molar-refractivity contribution in [2.45, 2.75) is 45.6 Å². The third-order valence-corrected chi connectivity index (χ3v) is 4.76. The van der Waals surface area contributed by atoms with E-state index in [1.54, 1.807) is 18.2 Å². The monoisotopic (exact) mass is 317 g/mol. The van der Waals surface area contributed by atoms with Crippen LogP contribution >= 0.6 is 0 Å². The minimum absolute atomic E-state index is 0.160. The molecular weight excluding hydrogens is 290 g/mol. The van der Waals surface area contributed by atoms with Crippen molar-refractivity contribution in [1.29, 1.82) is 0 Å². The highest BCUT2D eigenvalue weighted by Gasteiger charge is 2.20. The number of nitrogens with one attached hydrogen (secondary N) is 2. The molecule has 1 aromatic rings. The van der Waals surface area contributed by atoms with Gasteiger partial charge < -0.3 is 16.4 Å². The molecular formula is C18H27N3O2. The van der Waals surface area contributed by atoms with Gasteiger partial charge in [0.05, 0.1) is 0 Å². The first-order valence-corrected chi connectivity index (χ1v) is 8.49. The Morgan fingerprint density at radius 3 is 2.48 bits per heavy atom. The summed E-state index contributed by atoms with van der Waals surface area (Å²) in [5.41, 5.74) is 6.57. The predicted octanol–water partition coefficient (Wildman–Crippen LogP) is 2.80. The van der Waals surface area contributed by atoms with Crippen molar-refractivity contribution in [1.82, 2.24) is 10.6 Å². The Morgan fingerprint density at radius 1 is 1.13 bits per heavy atom. The molecule has 1 fully saturated rings. The Labute approximate surface area is 138 Å². The molecule has 1 saturated carbocycles. The van der Waals surface area contributed by atoms with Gasteiger partial charge >= 0.3 is 6.03 Å². The first-order valence-electron chi connectivity index (χ1n) is 8.49. The highest BCUT2D eigenvalue weighted by Crippen LogP contribution is 2.29. The zero-order chi connectivity index (χ0) is 16.7. The van der Waals surface area contributed by atoms with Gasteiger partial charge in [0.1, 0.15) is 0 Å². The van der Waals surface area contributed by atoms with Crippen LogP contribution in [-0.4, -0.2) is 18.5 Å². The molecule has 0 bridgehead atoms. The number of carbonyl (C=O) groups is 2. The van der Waals surface area contributed by atoms with Crippen LogP contribution in [0.1, 0.15) is 54.9 Å². The van der Waals surface area contributed by atoms with Crippen molar-refractivity contribution >= 4 is 11.9 Å². The summed E-state index contributed by atoms with van der Waals surface area (Å²) in [5.74, 6) is 1.01. The fraction of sp³-hybridized carbons (Fsp3) is 0.556. The highest BCUT2D eigenvalue weighted by molar-refractivity contribution is 5.92. The van der Waals surface area contributed by atoms with E-state index in [9.17, 15) is 9.59 Å². The molecule has 2 rings (SSSR count). The van der Waals surface area contributed by atoms with E-state index in [1.165, 1.54) is 32.1 Å². The minimum atomic E-state index is -0.459. The molecule has 1 aliphatic carbocycles. The number of urea groups is 1. The molecule has 3 amide bonds. The first kappa shape index (κ1) is 17.3. The van der Waals surface area contributed by atoms with Crippen molar-refractivity contribution in [2.24, 2.45) is 17.6 Å². The van der Waals surface area contributed by atoms with Gasteiger partial charge in [0.25, 0.3) is 0 Å². The molecule has 23 heavy (non-hydrogen) atoms. The molecule has 0 unspecified atom stereocenters. The SMILES string of the molecule is CCC1CCC(CNC(=O)NCc2cccc(C(N)=O)c2)CC1. The van der Waals surface area contributed by atoms with E-state index in [1.807, 2.05) is 6.07 Å². The highest BCUT2D eigenvalue weighted by atomic mass is 16.2. The number of hydrogen-bond donors (Lipinski definition) is 3. The van der Waals surface area contributed by atoms with E-state index in [0.29, 0.717) is 18.0 Å². The van der Waals surface area contributed by atoms with Crippen molar-refractivity contribution in [3.8, 4) is 0 Å². The zero-order valence-corrected chi connectivity index (χ0v) is 13.8. The fourth-order valence-corrected chi connectivity index (χ4v) is 3.16. The number of hydrogen-bond acceptors (Lipinski definition) is 2. The lowest BCUT2D eigenvalue weighted by atomic mass is 9.81. The van der Waals surface area contributed by atoms with Crippen LogP contribution in [0.5, 0.6) is 0 Å². The molecule has 5 nitrogen and oxygen atoms in total. The lowest BCUT2D eigenvalue weighted by molar-refractivity contribution is 0.1000. The normalized spacial score (nSPS) is 20.7. The first-order chi connectivity index (χ1) is 11.1. The molecule has 0 atom stereocenters. The summed E-state index contributed by atoms with van der Waals surface area (Å²) in [7, 11) is 0. The minimum Gasteiger partial charge on any atom is -0.366 e. The maximum atomic E-state index is 11.9. The van der Waals surface area contributed by atoms with Crippen molar-refractivity contribution in [3.63, 3.8) is 0 Å². The van der Waals surface area contributed by atoms with Gasteiger partial charge in [-0.15, -0.1) is 0 Å². The topological polar surface area (TPSA) is 84.2 Å². The Hall–Kier alpha value is -2.04. The Kier molecular flexibility index (Phi) is 6.44. The third kappa shape index (κ3) is 5.58. The second-order valence-corrected chi connectivity index (χ2v) is 6.42. The van der Waals surface area contributed by atoms with Gasteiger partial charge in [0, 0.05) is 18.7 Å². The average Bonchev–Trinajstić information content (AvgIpc) is 2.58. The Bertz CT molecular complexity index is 537. The van der Waals surface area contributed by atoms with Crippen LogP contribution in [0.2, 0.25) is 0 Å².